The van der Waals surface area contributed by atoms with Crippen LogP contribution < -0.4 is 4.74 Å². The molecule has 3 aromatic rings. The molecule has 0 saturated heterocycles. The summed E-state index contributed by atoms with van der Waals surface area (Å²) in [6.45, 7) is 9.66. The van der Waals surface area contributed by atoms with Crippen molar-refractivity contribution in [2.24, 2.45) is 5.92 Å². The zero-order valence-electron chi connectivity index (χ0n) is 22.0. The minimum atomic E-state index is -0.517. The highest BCUT2D eigenvalue weighted by Crippen LogP contribution is 2.34. The Morgan fingerprint density at radius 3 is 2.50 bits per heavy atom. The zero-order chi connectivity index (χ0) is 25.3. The first-order valence-electron chi connectivity index (χ1n) is 13.5. The fraction of sp³-hybridized carbons (Fsp3) is 0.500. The average molecular weight is 492 g/mol. The van der Waals surface area contributed by atoms with Crippen LogP contribution in [-0.4, -0.2) is 52.2 Å². The number of aryl methyl sites for hydroxylation is 2. The summed E-state index contributed by atoms with van der Waals surface area (Å²) >= 11 is 0. The molecule has 2 aromatic carbocycles. The molecule has 1 N–H and O–H groups in total. The molecule has 4 rings (SSSR count). The molecular formula is C30H41N3O3. The van der Waals surface area contributed by atoms with Gasteiger partial charge in [-0.05, 0) is 62.8 Å². The fourth-order valence-corrected chi connectivity index (χ4v) is 4.40. The lowest BCUT2D eigenvalue weighted by atomic mass is 10.1. The van der Waals surface area contributed by atoms with Gasteiger partial charge in [0, 0.05) is 26.2 Å². The summed E-state index contributed by atoms with van der Waals surface area (Å²) in [6.07, 6.45) is 4.93. The molecule has 1 aromatic heterocycles. The van der Waals surface area contributed by atoms with E-state index >= 15 is 0 Å². The van der Waals surface area contributed by atoms with E-state index in [1.165, 1.54) is 18.4 Å². The number of aliphatic hydroxyl groups is 1. The van der Waals surface area contributed by atoms with Crippen LogP contribution in [0.15, 0.2) is 54.6 Å². The van der Waals surface area contributed by atoms with E-state index in [1.54, 1.807) is 0 Å². The molecule has 0 spiro atoms. The molecule has 1 aliphatic rings. The van der Waals surface area contributed by atoms with E-state index in [0.29, 0.717) is 32.2 Å². The van der Waals surface area contributed by atoms with Gasteiger partial charge in [-0.15, -0.1) is 0 Å². The molecule has 36 heavy (non-hydrogen) atoms. The maximum absolute atomic E-state index is 10.8. The molecule has 0 aliphatic heterocycles. The van der Waals surface area contributed by atoms with Gasteiger partial charge >= 0.3 is 0 Å². The Bertz CT molecular complexity index is 1060. The fourth-order valence-electron chi connectivity index (χ4n) is 4.40. The third-order valence-corrected chi connectivity index (χ3v) is 6.61. The van der Waals surface area contributed by atoms with Gasteiger partial charge in [0.2, 0.25) is 5.88 Å². The Labute approximate surface area is 215 Å². The zero-order valence-corrected chi connectivity index (χ0v) is 22.0. The topological polar surface area (TPSA) is 59.8 Å². The van der Waals surface area contributed by atoms with Crippen molar-refractivity contribution in [2.45, 2.75) is 65.5 Å². The normalized spacial score (nSPS) is 14.4. The summed E-state index contributed by atoms with van der Waals surface area (Å²) in [7, 11) is 0. The van der Waals surface area contributed by atoms with Crippen LogP contribution in [0.25, 0.3) is 5.69 Å². The lowest BCUT2D eigenvalue weighted by Crippen LogP contribution is -2.36. The number of hydrogen-bond donors (Lipinski definition) is 1. The molecule has 1 atom stereocenters. The largest absolute Gasteiger partial charge is 0.439 e. The third-order valence-electron chi connectivity index (χ3n) is 6.61. The lowest BCUT2D eigenvalue weighted by Gasteiger charge is -2.25. The lowest BCUT2D eigenvalue weighted by molar-refractivity contribution is 0.0134. The third kappa shape index (κ3) is 7.42. The standard InChI is InChI=1S/C30H41N3O3/c1-4-6-18-35-22-26(34)20-32(19-24-14-15-24)21-28-29(5-2)31-33(25-10-8-7-9-11-25)30(28)36-27-16-12-23(3)13-17-27/h7-13,16-17,24,26,34H,4-6,14-15,18-22H2,1-3H3. The molecule has 6 nitrogen and oxygen atoms in total. The molecule has 0 amide bonds. The van der Waals surface area contributed by atoms with E-state index in [2.05, 4.69) is 49.9 Å². The van der Waals surface area contributed by atoms with E-state index < -0.39 is 6.10 Å². The van der Waals surface area contributed by atoms with Gasteiger partial charge in [-0.25, -0.2) is 4.68 Å². The molecule has 1 saturated carbocycles. The smallest absolute Gasteiger partial charge is 0.227 e. The van der Waals surface area contributed by atoms with Gasteiger partial charge in [-0.3, -0.25) is 4.90 Å². The minimum absolute atomic E-state index is 0.373. The summed E-state index contributed by atoms with van der Waals surface area (Å²) in [5.74, 6) is 2.24. The Morgan fingerprint density at radius 2 is 1.83 bits per heavy atom. The van der Waals surface area contributed by atoms with Gasteiger partial charge < -0.3 is 14.6 Å². The number of rotatable bonds is 15. The number of hydrogen-bond acceptors (Lipinski definition) is 5. The van der Waals surface area contributed by atoms with E-state index in [9.17, 15) is 5.11 Å². The van der Waals surface area contributed by atoms with Crippen LogP contribution in [0, 0.1) is 12.8 Å². The quantitative estimate of drug-likeness (QED) is 0.267. The predicted molar refractivity (Wildman–Crippen MR) is 144 cm³/mol. The maximum Gasteiger partial charge on any atom is 0.227 e. The van der Waals surface area contributed by atoms with Gasteiger partial charge in [0.1, 0.15) is 5.75 Å². The molecule has 0 radical (unpaired) electrons. The molecule has 0 bridgehead atoms. The van der Waals surface area contributed by atoms with Crippen molar-refractivity contribution in [1.29, 1.82) is 0 Å². The second kappa shape index (κ2) is 13.0. The van der Waals surface area contributed by atoms with Crippen molar-refractivity contribution in [3.05, 3.63) is 71.4 Å². The number of para-hydroxylation sites is 1. The number of benzene rings is 2. The number of nitrogens with zero attached hydrogens (tertiary/aromatic N) is 3. The molecule has 1 heterocycles. The predicted octanol–water partition coefficient (Wildman–Crippen LogP) is 5.93. The van der Waals surface area contributed by atoms with Crippen molar-refractivity contribution in [3.63, 3.8) is 0 Å². The van der Waals surface area contributed by atoms with Crippen LogP contribution in [-0.2, 0) is 17.7 Å². The summed E-state index contributed by atoms with van der Waals surface area (Å²) < 4.78 is 14.2. The van der Waals surface area contributed by atoms with Crippen LogP contribution >= 0.6 is 0 Å². The Hall–Kier alpha value is -2.67. The van der Waals surface area contributed by atoms with Crippen LogP contribution in [0.4, 0.5) is 0 Å². The highest BCUT2D eigenvalue weighted by atomic mass is 16.5. The second-order valence-corrected chi connectivity index (χ2v) is 9.97. The summed E-state index contributed by atoms with van der Waals surface area (Å²) in [4.78, 5) is 2.36. The Morgan fingerprint density at radius 1 is 1.08 bits per heavy atom. The van der Waals surface area contributed by atoms with Crippen LogP contribution in [0.5, 0.6) is 11.6 Å². The number of aliphatic hydroxyl groups excluding tert-OH is 1. The first-order valence-corrected chi connectivity index (χ1v) is 13.5. The van der Waals surface area contributed by atoms with Gasteiger partial charge in [-0.1, -0.05) is 56.2 Å². The maximum atomic E-state index is 10.8. The second-order valence-electron chi connectivity index (χ2n) is 9.97. The van der Waals surface area contributed by atoms with Gasteiger partial charge in [0.15, 0.2) is 0 Å². The van der Waals surface area contributed by atoms with Crippen molar-refractivity contribution < 1.29 is 14.6 Å². The van der Waals surface area contributed by atoms with Gasteiger partial charge in [0.05, 0.1) is 29.7 Å². The monoisotopic (exact) mass is 491 g/mol. The van der Waals surface area contributed by atoms with Gasteiger partial charge in [0.25, 0.3) is 0 Å². The van der Waals surface area contributed by atoms with Gasteiger partial charge in [-0.2, -0.15) is 5.10 Å². The highest BCUT2D eigenvalue weighted by Gasteiger charge is 2.28. The van der Waals surface area contributed by atoms with Crippen molar-refractivity contribution in [3.8, 4) is 17.3 Å². The Kier molecular flexibility index (Phi) is 9.56. The van der Waals surface area contributed by atoms with E-state index in [-0.39, 0.29) is 0 Å². The summed E-state index contributed by atoms with van der Waals surface area (Å²) in [5, 5.41) is 15.7. The highest BCUT2D eigenvalue weighted by molar-refractivity contribution is 5.44. The van der Waals surface area contributed by atoms with E-state index in [4.69, 9.17) is 14.6 Å². The SMILES string of the molecule is CCCCOCC(O)CN(Cc1c(CC)nn(-c2ccccc2)c1Oc1ccc(C)cc1)CC1CC1. The number of aromatic nitrogens is 2. The summed E-state index contributed by atoms with van der Waals surface area (Å²) in [5.41, 5.74) is 4.27. The molecular weight excluding hydrogens is 450 g/mol. The van der Waals surface area contributed by atoms with Crippen LogP contribution in [0.1, 0.15) is 56.4 Å². The van der Waals surface area contributed by atoms with Crippen LogP contribution in [0.2, 0.25) is 0 Å². The Balaban J connectivity index is 1.61. The first-order chi connectivity index (χ1) is 17.6. The first kappa shape index (κ1) is 26.4. The number of ether oxygens (including phenoxy) is 2. The molecule has 1 aliphatic carbocycles. The molecule has 1 fully saturated rings. The molecule has 1 unspecified atom stereocenters. The summed E-state index contributed by atoms with van der Waals surface area (Å²) in [6, 6.07) is 18.3. The average Bonchev–Trinajstić information content (AvgIpc) is 3.64. The number of unbranched alkanes of at least 4 members (excludes halogenated alkanes) is 1. The molecule has 6 heteroatoms. The molecule has 194 valence electrons. The van der Waals surface area contributed by atoms with Crippen LogP contribution in [0.3, 0.4) is 0 Å². The van der Waals surface area contributed by atoms with Crippen molar-refractivity contribution in [2.75, 3.05) is 26.3 Å². The minimum Gasteiger partial charge on any atom is -0.439 e. The van der Waals surface area contributed by atoms with E-state index in [1.807, 2.05) is 35.0 Å². The van der Waals surface area contributed by atoms with Crippen molar-refractivity contribution in [1.82, 2.24) is 14.7 Å². The van der Waals surface area contributed by atoms with E-state index in [0.717, 1.165) is 54.4 Å². The van der Waals surface area contributed by atoms with Crippen molar-refractivity contribution >= 4 is 0 Å².